The van der Waals surface area contributed by atoms with E-state index in [4.69, 9.17) is 34.8 Å². The summed E-state index contributed by atoms with van der Waals surface area (Å²) in [5.41, 5.74) is 0.922. The van der Waals surface area contributed by atoms with Gasteiger partial charge in [0, 0.05) is 20.8 Å². The average Bonchev–Trinajstić information content (AvgIpc) is 3.12. The zero-order valence-corrected chi connectivity index (χ0v) is 20.3. The topological polar surface area (TPSA) is 74.9 Å². The van der Waals surface area contributed by atoms with Crippen LogP contribution in [0.25, 0.3) is 17.3 Å². The molecule has 1 N–H and O–H groups in total. The Balaban J connectivity index is 1.96. The number of nitriles is 1. The van der Waals surface area contributed by atoms with Gasteiger partial charge in [-0.2, -0.15) is 5.26 Å². The van der Waals surface area contributed by atoms with Crippen LogP contribution in [0, 0.1) is 11.3 Å². The van der Waals surface area contributed by atoms with Gasteiger partial charge in [0.2, 0.25) is 0 Å². The molecule has 1 heterocycles. The van der Waals surface area contributed by atoms with Crippen LogP contribution < -0.4 is 20.1 Å². The summed E-state index contributed by atoms with van der Waals surface area (Å²) >= 11 is 19.3. The quantitative estimate of drug-likeness (QED) is 0.407. The molecule has 0 fully saturated rings. The molecule has 3 aromatic carbocycles. The number of hydrogen-bond donors (Lipinski definition) is 1. The maximum absolute atomic E-state index is 13.4. The summed E-state index contributed by atoms with van der Waals surface area (Å²) in [5, 5.41) is 13.8. The molecule has 0 radical (unpaired) electrons. The third-order valence-corrected chi connectivity index (χ3v) is 6.61. The van der Waals surface area contributed by atoms with Crippen LogP contribution in [0.4, 0.5) is 5.69 Å². The molecule has 4 aromatic rings. The molecule has 0 unspecified atom stereocenters. The Labute approximate surface area is 213 Å². The van der Waals surface area contributed by atoms with E-state index < -0.39 is 5.91 Å². The van der Waals surface area contributed by atoms with Crippen molar-refractivity contribution in [2.75, 3.05) is 5.32 Å². The molecule has 1 amide bonds. The highest BCUT2D eigenvalue weighted by molar-refractivity contribution is 7.07. The molecule has 0 saturated carbocycles. The number of anilines is 1. The van der Waals surface area contributed by atoms with Crippen molar-refractivity contribution < 1.29 is 4.79 Å². The van der Waals surface area contributed by atoms with Crippen LogP contribution in [-0.2, 0) is 4.79 Å². The predicted molar refractivity (Wildman–Crippen MR) is 138 cm³/mol. The minimum atomic E-state index is -0.660. The summed E-state index contributed by atoms with van der Waals surface area (Å²) < 4.78 is 1.83. The van der Waals surface area contributed by atoms with E-state index in [9.17, 15) is 14.9 Å². The lowest BCUT2D eigenvalue weighted by molar-refractivity contribution is -0.111. The van der Waals surface area contributed by atoms with Crippen molar-refractivity contribution in [3.63, 3.8) is 0 Å². The van der Waals surface area contributed by atoms with Crippen molar-refractivity contribution in [3.8, 4) is 11.8 Å². The van der Waals surface area contributed by atoms with Gasteiger partial charge < -0.3 is 5.32 Å². The number of nitrogens with one attached hydrogen (secondary N) is 1. The molecule has 168 valence electrons. The van der Waals surface area contributed by atoms with Crippen molar-refractivity contribution in [3.05, 3.63) is 113 Å². The fourth-order valence-electron chi connectivity index (χ4n) is 3.18. The molecule has 0 saturated heterocycles. The normalized spacial score (nSPS) is 12.2. The van der Waals surface area contributed by atoms with Gasteiger partial charge in [-0.25, -0.2) is 0 Å². The molecule has 1 aromatic heterocycles. The van der Waals surface area contributed by atoms with Crippen LogP contribution >= 0.6 is 46.1 Å². The summed E-state index contributed by atoms with van der Waals surface area (Å²) in [5.74, 6) is -0.660. The van der Waals surface area contributed by atoms with Crippen LogP contribution in [0.5, 0.6) is 0 Å². The first-order valence-corrected chi connectivity index (χ1v) is 11.8. The van der Waals surface area contributed by atoms with Crippen molar-refractivity contribution in [1.29, 1.82) is 5.26 Å². The monoisotopic (exact) mass is 525 g/mol. The lowest BCUT2D eigenvalue weighted by atomic mass is 10.2. The van der Waals surface area contributed by atoms with Gasteiger partial charge in [-0.15, -0.1) is 11.3 Å². The van der Waals surface area contributed by atoms with E-state index in [1.54, 1.807) is 72.8 Å². The third-order valence-electron chi connectivity index (χ3n) is 4.72. The van der Waals surface area contributed by atoms with Crippen LogP contribution in [0.1, 0.15) is 5.56 Å². The summed E-state index contributed by atoms with van der Waals surface area (Å²) in [6.45, 7) is 0. The first-order chi connectivity index (χ1) is 16.4. The summed E-state index contributed by atoms with van der Waals surface area (Å²) in [7, 11) is 0. The number of para-hydroxylation sites is 1. The molecule has 4 rings (SSSR count). The number of carbonyl (C=O) groups is 1. The van der Waals surface area contributed by atoms with E-state index in [-0.39, 0.29) is 15.8 Å². The number of rotatable bonds is 4. The highest BCUT2D eigenvalue weighted by atomic mass is 35.5. The zero-order chi connectivity index (χ0) is 24.2. The van der Waals surface area contributed by atoms with Gasteiger partial charge in [-0.05, 0) is 54.1 Å². The maximum atomic E-state index is 13.4. The van der Waals surface area contributed by atoms with Gasteiger partial charge in [-0.1, -0.05) is 65.1 Å². The maximum Gasteiger partial charge on any atom is 0.273 e. The molecule has 5 nitrogen and oxygen atoms in total. The average molecular weight is 527 g/mol. The minimum Gasteiger partial charge on any atom is -0.321 e. The molecule has 0 atom stereocenters. The van der Waals surface area contributed by atoms with E-state index in [0.717, 1.165) is 11.3 Å². The fourth-order valence-corrected chi connectivity index (χ4v) is 4.92. The van der Waals surface area contributed by atoms with Crippen LogP contribution in [-0.4, -0.2) is 10.5 Å². The van der Waals surface area contributed by atoms with Gasteiger partial charge in [-0.3, -0.25) is 14.2 Å². The second kappa shape index (κ2) is 10.3. The first kappa shape index (κ1) is 23.8. The number of carbonyl (C=O) groups excluding carboxylic acids is 1. The smallest absolute Gasteiger partial charge is 0.273 e. The van der Waals surface area contributed by atoms with Gasteiger partial charge in [0.15, 0.2) is 5.57 Å². The number of thiazole rings is 1. The lowest BCUT2D eigenvalue weighted by Crippen LogP contribution is -2.32. The zero-order valence-electron chi connectivity index (χ0n) is 17.3. The number of benzene rings is 3. The number of halogens is 3. The van der Waals surface area contributed by atoms with E-state index in [1.165, 1.54) is 4.57 Å². The Morgan fingerprint density at radius 2 is 1.71 bits per heavy atom. The van der Waals surface area contributed by atoms with Crippen LogP contribution in [0.2, 0.25) is 15.1 Å². The number of hydrogen-bond acceptors (Lipinski definition) is 4. The first-order valence-electron chi connectivity index (χ1n) is 9.83. The molecule has 0 aliphatic rings. The molecular weight excluding hydrogens is 513 g/mol. The molecule has 0 aliphatic heterocycles. The van der Waals surface area contributed by atoms with Crippen molar-refractivity contribution in [1.82, 2.24) is 4.57 Å². The van der Waals surface area contributed by atoms with Gasteiger partial charge in [0.05, 0.1) is 10.2 Å². The highest BCUT2D eigenvalue weighted by Crippen LogP contribution is 2.21. The molecule has 9 heteroatoms. The third kappa shape index (κ3) is 5.09. The number of amides is 1. The highest BCUT2D eigenvalue weighted by Gasteiger charge is 2.17. The van der Waals surface area contributed by atoms with E-state index in [0.29, 0.717) is 36.5 Å². The lowest BCUT2D eigenvalue weighted by Gasteiger charge is -2.06. The fraction of sp³-hybridized carbons (Fsp3) is 0. The van der Waals surface area contributed by atoms with E-state index in [1.807, 2.05) is 12.1 Å². The Morgan fingerprint density at radius 1 is 0.971 bits per heavy atom. The van der Waals surface area contributed by atoms with E-state index >= 15 is 0 Å². The molecule has 0 aliphatic carbocycles. The van der Waals surface area contributed by atoms with Crippen LogP contribution in [0.3, 0.4) is 0 Å². The van der Waals surface area contributed by atoms with Gasteiger partial charge >= 0.3 is 0 Å². The molecule has 34 heavy (non-hydrogen) atoms. The Morgan fingerprint density at radius 3 is 2.38 bits per heavy atom. The molecule has 0 spiro atoms. The number of nitrogens with zero attached hydrogens (tertiary/aromatic N) is 2. The Bertz CT molecular complexity index is 1620. The van der Waals surface area contributed by atoms with Crippen molar-refractivity contribution in [2.45, 2.75) is 0 Å². The largest absolute Gasteiger partial charge is 0.321 e. The van der Waals surface area contributed by atoms with Crippen molar-refractivity contribution >= 4 is 69.4 Å². The second-order valence-electron chi connectivity index (χ2n) is 7.01. The molecular formula is C25H14Cl3N3O2S. The van der Waals surface area contributed by atoms with E-state index in [2.05, 4.69) is 5.32 Å². The van der Waals surface area contributed by atoms with Gasteiger partial charge in [0.1, 0.15) is 10.7 Å². The standard InChI is InChI=1S/C25H14Cl3N3O2S/c26-16-5-4-6-18(12-16)30-23(32)20(14-29)25-31(19-7-2-1-3-8-19)24(33)22(34-25)11-15-9-10-17(27)13-21(15)28/h1-13H,(H,30,32)/b22-11+,25-20+. The summed E-state index contributed by atoms with van der Waals surface area (Å²) in [6.07, 6.45) is 1.61. The minimum absolute atomic E-state index is 0.189. The Kier molecular flexibility index (Phi) is 7.20. The SMILES string of the molecule is N#C/C(C(=O)Nc1cccc(Cl)c1)=c1\s/c(=C/c2ccc(Cl)cc2Cl)c(=O)n1-c1ccccc1. The van der Waals surface area contributed by atoms with Gasteiger partial charge in [0.25, 0.3) is 11.5 Å². The van der Waals surface area contributed by atoms with Crippen molar-refractivity contribution in [2.24, 2.45) is 0 Å². The summed E-state index contributed by atoms with van der Waals surface area (Å²) in [6, 6.07) is 22.2. The number of aromatic nitrogens is 1. The molecule has 0 bridgehead atoms. The Hall–Kier alpha value is -3.34. The van der Waals surface area contributed by atoms with Crippen LogP contribution in [0.15, 0.2) is 77.6 Å². The second-order valence-corrected chi connectivity index (χ2v) is 9.32. The summed E-state index contributed by atoms with van der Waals surface area (Å²) in [4.78, 5) is 26.5. The predicted octanol–water partition coefficient (Wildman–Crippen LogP) is 5.00.